The number of likely N-dealkylation sites (tertiary alicyclic amines) is 1. The van der Waals surface area contributed by atoms with Crippen LogP contribution in [-0.2, 0) is 10.0 Å². The molecule has 7 heteroatoms. The van der Waals surface area contributed by atoms with Gasteiger partial charge in [-0.05, 0) is 50.3 Å². The first-order chi connectivity index (χ1) is 10.9. The number of piperidine rings is 1. The number of nitrogens with zero attached hydrogens (tertiary/aromatic N) is 2. The van der Waals surface area contributed by atoms with Gasteiger partial charge in [-0.1, -0.05) is 12.1 Å². The number of sulfonamides is 1. The predicted octanol–water partition coefficient (Wildman–Crippen LogP) is 1.38. The lowest BCUT2D eigenvalue weighted by molar-refractivity contribution is 0.338. The molecule has 0 atom stereocenters. The van der Waals surface area contributed by atoms with Gasteiger partial charge in [0.2, 0.25) is 10.0 Å². The van der Waals surface area contributed by atoms with Crippen LogP contribution in [0.25, 0.3) is 0 Å². The molecule has 1 aromatic rings. The molecule has 1 saturated heterocycles. The van der Waals surface area contributed by atoms with Gasteiger partial charge in [-0.3, -0.25) is 4.99 Å². The van der Waals surface area contributed by atoms with Crippen molar-refractivity contribution < 1.29 is 8.42 Å². The van der Waals surface area contributed by atoms with E-state index in [9.17, 15) is 8.42 Å². The van der Waals surface area contributed by atoms with Crippen LogP contribution in [0.15, 0.2) is 28.1 Å². The number of benzene rings is 1. The Morgan fingerprint density at radius 2 is 1.96 bits per heavy atom. The first-order valence-corrected chi connectivity index (χ1v) is 9.50. The second kappa shape index (κ2) is 7.79. The maximum Gasteiger partial charge on any atom is 0.240 e. The molecule has 0 aromatic heterocycles. The monoisotopic (exact) mass is 338 g/mol. The first-order valence-electron chi connectivity index (χ1n) is 8.02. The highest BCUT2D eigenvalue weighted by atomic mass is 32.2. The number of rotatable bonds is 5. The summed E-state index contributed by atoms with van der Waals surface area (Å²) >= 11 is 0. The third-order valence-electron chi connectivity index (χ3n) is 3.99. The Hall–Kier alpha value is -1.60. The normalized spacial score (nSPS) is 16.6. The molecule has 0 saturated carbocycles. The number of aliphatic imine (C=N–C) groups is 1. The van der Waals surface area contributed by atoms with E-state index in [4.69, 9.17) is 5.73 Å². The van der Waals surface area contributed by atoms with Gasteiger partial charge in [0.25, 0.3) is 0 Å². The van der Waals surface area contributed by atoms with Gasteiger partial charge in [-0.15, -0.1) is 0 Å². The fourth-order valence-corrected chi connectivity index (χ4v) is 4.00. The number of nitrogens with two attached hydrogens (primary N) is 1. The Morgan fingerprint density at radius 1 is 1.26 bits per heavy atom. The molecule has 0 radical (unpaired) electrons. The lowest BCUT2D eigenvalue weighted by atomic mass is 10.1. The van der Waals surface area contributed by atoms with E-state index in [1.54, 1.807) is 13.0 Å². The molecule has 3 N–H and O–H groups in total. The zero-order valence-electron chi connectivity index (χ0n) is 13.9. The molecule has 2 rings (SSSR count). The zero-order chi connectivity index (χ0) is 16.9. The van der Waals surface area contributed by atoms with E-state index in [1.807, 2.05) is 19.1 Å². The van der Waals surface area contributed by atoms with E-state index in [1.165, 1.54) is 6.42 Å². The van der Waals surface area contributed by atoms with Crippen LogP contribution in [0.2, 0.25) is 0 Å². The number of guanidine groups is 1. The highest BCUT2D eigenvalue weighted by Crippen LogP contribution is 2.16. The average molecular weight is 338 g/mol. The minimum atomic E-state index is -3.51. The van der Waals surface area contributed by atoms with Gasteiger partial charge in [0.05, 0.1) is 11.4 Å². The fourth-order valence-electron chi connectivity index (χ4n) is 2.65. The third kappa shape index (κ3) is 4.94. The third-order valence-corrected chi connectivity index (χ3v) is 5.59. The minimum absolute atomic E-state index is 0.240. The molecule has 0 unspecified atom stereocenters. The van der Waals surface area contributed by atoms with Crippen molar-refractivity contribution in [2.75, 3.05) is 26.2 Å². The predicted molar refractivity (Wildman–Crippen MR) is 93.0 cm³/mol. The molecule has 23 heavy (non-hydrogen) atoms. The molecule has 0 spiro atoms. The van der Waals surface area contributed by atoms with Gasteiger partial charge in [-0.2, -0.15) is 0 Å². The van der Waals surface area contributed by atoms with Crippen molar-refractivity contribution in [1.29, 1.82) is 0 Å². The van der Waals surface area contributed by atoms with Crippen molar-refractivity contribution >= 4 is 16.0 Å². The number of aryl methyl sites for hydroxylation is 2. The molecular weight excluding hydrogens is 312 g/mol. The van der Waals surface area contributed by atoms with Gasteiger partial charge in [-0.25, -0.2) is 13.1 Å². The summed E-state index contributed by atoms with van der Waals surface area (Å²) in [7, 11) is -3.51. The van der Waals surface area contributed by atoms with E-state index in [-0.39, 0.29) is 6.54 Å². The Labute approximate surface area is 138 Å². The Bertz CT molecular complexity index is 665. The van der Waals surface area contributed by atoms with Gasteiger partial charge < -0.3 is 10.6 Å². The molecule has 1 aliphatic rings. The zero-order valence-corrected chi connectivity index (χ0v) is 14.7. The number of hydrogen-bond acceptors (Lipinski definition) is 3. The highest BCUT2D eigenvalue weighted by Gasteiger charge is 2.16. The summed E-state index contributed by atoms with van der Waals surface area (Å²) in [5.74, 6) is 0.510. The van der Waals surface area contributed by atoms with Crippen molar-refractivity contribution in [3.05, 3.63) is 29.3 Å². The summed E-state index contributed by atoms with van der Waals surface area (Å²) < 4.78 is 27.3. The Kier molecular flexibility index (Phi) is 6.01. The molecule has 0 amide bonds. The van der Waals surface area contributed by atoms with Crippen molar-refractivity contribution in [1.82, 2.24) is 9.62 Å². The molecule has 1 heterocycles. The van der Waals surface area contributed by atoms with Crippen molar-refractivity contribution in [3.8, 4) is 0 Å². The van der Waals surface area contributed by atoms with Crippen LogP contribution in [0, 0.1) is 13.8 Å². The summed E-state index contributed by atoms with van der Waals surface area (Å²) in [6.45, 7) is 6.12. The van der Waals surface area contributed by atoms with Crippen LogP contribution in [0.3, 0.4) is 0 Å². The SMILES string of the molecule is Cc1ccc(C)c(S(=O)(=O)NCCN=C(N)N2CCCCC2)c1. The Morgan fingerprint density at radius 3 is 2.65 bits per heavy atom. The van der Waals surface area contributed by atoms with Gasteiger partial charge in [0.1, 0.15) is 0 Å². The Balaban J connectivity index is 1.91. The van der Waals surface area contributed by atoms with Crippen LogP contribution in [0.1, 0.15) is 30.4 Å². The second-order valence-electron chi connectivity index (χ2n) is 5.95. The molecule has 6 nitrogen and oxygen atoms in total. The van der Waals surface area contributed by atoms with Crippen LogP contribution >= 0.6 is 0 Å². The molecule has 128 valence electrons. The van der Waals surface area contributed by atoms with E-state index in [2.05, 4.69) is 14.6 Å². The maximum atomic E-state index is 12.4. The standard InChI is InChI=1S/C16H26N4O2S/c1-13-6-7-14(2)15(12-13)23(21,22)19-9-8-18-16(17)20-10-4-3-5-11-20/h6-7,12,19H,3-5,8-11H2,1-2H3,(H2,17,18). The minimum Gasteiger partial charge on any atom is -0.370 e. The highest BCUT2D eigenvalue weighted by molar-refractivity contribution is 7.89. The molecule has 1 aromatic carbocycles. The van der Waals surface area contributed by atoms with Crippen LogP contribution in [0.5, 0.6) is 0 Å². The summed E-state index contributed by atoms with van der Waals surface area (Å²) in [6, 6.07) is 5.40. The van der Waals surface area contributed by atoms with Gasteiger partial charge >= 0.3 is 0 Å². The summed E-state index contributed by atoms with van der Waals surface area (Å²) in [4.78, 5) is 6.66. The van der Waals surface area contributed by atoms with Gasteiger partial charge in [0, 0.05) is 19.6 Å². The van der Waals surface area contributed by atoms with Crippen molar-refractivity contribution in [3.63, 3.8) is 0 Å². The molecular formula is C16H26N4O2S. The smallest absolute Gasteiger partial charge is 0.240 e. The summed E-state index contributed by atoms with van der Waals surface area (Å²) in [5.41, 5.74) is 7.61. The number of nitrogens with one attached hydrogen (secondary N) is 1. The van der Waals surface area contributed by atoms with Gasteiger partial charge in [0.15, 0.2) is 5.96 Å². The topological polar surface area (TPSA) is 87.8 Å². The van der Waals surface area contributed by atoms with Crippen LogP contribution in [0.4, 0.5) is 0 Å². The lowest BCUT2D eigenvalue weighted by Gasteiger charge is -2.27. The molecule has 1 aliphatic heterocycles. The largest absolute Gasteiger partial charge is 0.370 e. The van der Waals surface area contributed by atoms with E-state index in [0.29, 0.717) is 17.4 Å². The molecule has 0 aliphatic carbocycles. The van der Waals surface area contributed by atoms with Crippen LogP contribution < -0.4 is 10.5 Å². The fraction of sp³-hybridized carbons (Fsp3) is 0.562. The second-order valence-corrected chi connectivity index (χ2v) is 7.69. The van der Waals surface area contributed by atoms with Crippen LogP contribution in [-0.4, -0.2) is 45.5 Å². The number of hydrogen-bond donors (Lipinski definition) is 2. The van der Waals surface area contributed by atoms with E-state index >= 15 is 0 Å². The quantitative estimate of drug-likeness (QED) is 0.482. The first kappa shape index (κ1) is 17.7. The average Bonchev–Trinajstić information content (AvgIpc) is 2.54. The molecule has 1 fully saturated rings. The molecule has 0 bridgehead atoms. The maximum absolute atomic E-state index is 12.4. The van der Waals surface area contributed by atoms with Crippen molar-refractivity contribution in [2.24, 2.45) is 10.7 Å². The van der Waals surface area contributed by atoms with E-state index < -0.39 is 10.0 Å². The lowest BCUT2D eigenvalue weighted by Crippen LogP contribution is -2.41. The summed E-state index contributed by atoms with van der Waals surface area (Å²) in [6.07, 6.45) is 3.50. The summed E-state index contributed by atoms with van der Waals surface area (Å²) in [5, 5.41) is 0. The van der Waals surface area contributed by atoms with Crippen molar-refractivity contribution in [2.45, 2.75) is 38.0 Å². The van der Waals surface area contributed by atoms with E-state index in [0.717, 1.165) is 37.1 Å².